The smallest absolute Gasteiger partial charge is 0.248 e. The molecule has 18 heavy (non-hydrogen) atoms. The average Bonchev–Trinajstić information content (AvgIpc) is 2.72. The molecule has 0 amide bonds. The van der Waals surface area contributed by atoms with Gasteiger partial charge in [-0.05, 0) is 31.2 Å². The second kappa shape index (κ2) is 4.14. The Morgan fingerprint density at radius 3 is 3.11 bits per heavy atom. The number of fused-ring (bicyclic) bond motifs is 3. The molecule has 0 radical (unpaired) electrons. The maximum Gasteiger partial charge on any atom is 0.248 e. The van der Waals surface area contributed by atoms with Crippen LogP contribution in [0.3, 0.4) is 0 Å². The summed E-state index contributed by atoms with van der Waals surface area (Å²) in [6, 6.07) is 5.52. The predicted octanol–water partition coefficient (Wildman–Crippen LogP) is 1.36. The van der Waals surface area contributed by atoms with E-state index >= 15 is 0 Å². The highest BCUT2D eigenvalue weighted by molar-refractivity contribution is 5.89. The van der Waals surface area contributed by atoms with E-state index in [0.29, 0.717) is 0 Å². The van der Waals surface area contributed by atoms with Crippen molar-refractivity contribution in [2.24, 2.45) is 0 Å². The Labute approximate surface area is 105 Å². The average molecular weight is 244 g/mol. The molecule has 0 saturated carbocycles. The molecule has 4 nitrogen and oxygen atoms in total. The van der Waals surface area contributed by atoms with Gasteiger partial charge in [0, 0.05) is 24.4 Å². The molecule has 3 rings (SSSR count). The number of nitrogens with one attached hydrogen (secondary N) is 2. The van der Waals surface area contributed by atoms with Crippen molar-refractivity contribution in [3.05, 3.63) is 39.7 Å². The van der Waals surface area contributed by atoms with Crippen LogP contribution >= 0.6 is 0 Å². The first-order valence-electron chi connectivity index (χ1n) is 6.16. The molecule has 1 aliphatic heterocycles. The second-order valence-electron chi connectivity index (χ2n) is 4.79. The van der Waals surface area contributed by atoms with Gasteiger partial charge in [0.15, 0.2) is 0 Å². The first kappa shape index (κ1) is 11.3. The number of hydrogen-bond acceptors (Lipinski definition) is 3. The maximum absolute atomic E-state index is 11.4. The van der Waals surface area contributed by atoms with Gasteiger partial charge >= 0.3 is 0 Å². The van der Waals surface area contributed by atoms with Crippen LogP contribution in [-0.4, -0.2) is 24.7 Å². The summed E-state index contributed by atoms with van der Waals surface area (Å²) in [6.07, 6.45) is 1.11. The van der Waals surface area contributed by atoms with Crippen LogP contribution in [0.15, 0.2) is 23.0 Å². The third-order valence-electron chi connectivity index (χ3n) is 3.40. The number of rotatable bonds is 2. The SMILES string of the molecule is CNCC1Cc2cc(C)c3[nH]c(=O)ccc3c2O1. The van der Waals surface area contributed by atoms with Gasteiger partial charge in [-0.15, -0.1) is 0 Å². The Hall–Kier alpha value is -1.81. The third-order valence-corrected chi connectivity index (χ3v) is 3.40. The lowest BCUT2D eigenvalue weighted by Crippen LogP contribution is -2.27. The summed E-state index contributed by atoms with van der Waals surface area (Å²) in [5.74, 6) is 0.923. The van der Waals surface area contributed by atoms with Crippen LogP contribution in [-0.2, 0) is 6.42 Å². The first-order valence-corrected chi connectivity index (χ1v) is 6.16. The molecule has 1 aromatic heterocycles. The van der Waals surface area contributed by atoms with Crippen molar-refractivity contribution in [2.75, 3.05) is 13.6 Å². The number of aromatic nitrogens is 1. The van der Waals surface area contributed by atoms with E-state index in [1.165, 1.54) is 5.56 Å². The molecule has 94 valence electrons. The van der Waals surface area contributed by atoms with Gasteiger partial charge in [-0.25, -0.2) is 0 Å². The maximum atomic E-state index is 11.4. The van der Waals surface area contributed by atoms with Crippen molar-refractivity contribution in [2.45, 2.75) is 19.4 Å². The normalized spacial score (nSPS) is 17.8. The predicted molar refractivity (Wildman–Crippen MR) is 71.4 cm³/mol. The molecule has 2 heterocycles. The lowest BCUT2D eigenvalue weighted by molar-refractivity contribution is 0.233. The van der Waals surface area contributed by atoms with Gasteiger partial charge < -0.3 is 15.0 Å². The summed E-state index contributed by atoms with van der Waals surface area (Å²) < 4.78 is 5.97. The summed E-state index contributed by atoms with van der Waals surface area (Å²) in [5, 5.41) is 4.14. The second-order valence-corrected chi connectivity index (χ2v) is 4.79. The fraction of sp³-hybridized carbons (Fsp3) is 0.357. The Morgan fingerprint density at radius 2 is 2.33 bits per heavy atom. The molecule has 0 fully saturated rings. The number of ether oxygens (including phenoxy) is 1. The van der Waals surface area contributed by atoms with E-state index in [0.717, 1.165) is 35.2 Å². The van der Waals surface area contributed by atoms with Crippen molar-refractivity contribution in [1.82, 2.24) is 10.3 Å². The monoisotopic (exact) mass is 244 g/mol. The molecule has 2 N–H and O–H groups in total. The highest BCUT2D eigenvalue weighted by Gasteiger charge is 2.25. The standard InChI is InChI=1S/C14H16N2O2/c1-8-5-9-6-10(7-15-2)18-14(9)11-3-4-12(17)16-13(8)11/h3-5,10,15H,6-7H2,1-2H3,(H,16,17). The number of benzene rings is 1. The summed E-state index contributed by atoms with van der Waals surface area (Å²) >= 11 is 0. The van der Waals surface area contributed by atoms with E-state index in [9.17, 15) is 4.79 Å². The topological polar surface area (TPSA) is 54.1 Å². The highest BCUT2D eigenvalue weighted by atomic mass is 16.5. The van der Waals surface area contributed by atoms with Crippen LogP contribution in [0.1, 0.15) is 11.1 Å². The zero-order valence-corrected chi connectivity index (χ0v) is 10.5. The summed E-state index contributed by atoms with van der Waals surface area (Å²) in [5.41, 5.74) is 3.13. The van der Waals surface area contributed by atoms with Crippen LogP contribution in [0.4, 0.5) is 0 Å². The fourth-order valence-corrected chi connectivity index (χ4v) is 2.63. The fourth-order valence-electron chi connectivity index (χ4n) is 2.63. The van der Waals surface area contributed by atoms with Crippen molar-refractivity contribution in [1.29, 1.82) is 0 Å². The van der Waals surface area contributed by atoms with Gasteiger partial charge in [-0.2, -0.15) is 0 Å². The number of likely N-dealkylation sites (N-methyl/N-ethyl adjacent to an activating group) is 1. The zero-order valence-electron chi connectivity index (χ0n) is 10.5. The lowest BCUT2D eigenvalue weighted by Gasteiger charge is -2.10. The van der Waals surface area contributed by atoms with E-state index in [2.05, 4.69) is 16.4 Å². The molecule has 0 bridgehead atoms. The highest BCUT2D eigenvalue weighted by Crippen LogP contribution is 2.36. The molecule has 2 aromatic rings. The molecular formula is C14H16N2O2. The zero-order chi connectivity index (χ0) is 12.7. The van der Waals surface area contributed by atoms with Crippen molar-refractivity contribution in [3.8, 4) is 5.75 Å². The van der Waals surface area contributed by atoms with E-state index < -0.39 is 0 Å². The third kappa shape index (κ3) is 1.69. The molecule has 1 atom stereocenters. The summed E-state index contributed by atoms with van der Waals surface area (Å²) in [7, 11) is 1.92. The number of pyridine rings is 1. The molecule has 1 unspecified atom stereocenters. The molecule has 0 spiro atoms. The van der Waals surface area contributed by atoms with E-state index in [1.807, 2.05) is 20.0 Å². The summed E-state index contributed by atoms with van der Waals surface area (Å²) in [4.78, 5) is 14.3. The van der Waals surface area contributed by atoms with Crippen LogP contribution in [0, 0.1) is 6.92 Å². The molecule has 0 saturated heterocycles. The molecular weight excluding hydrogens is 228 g/mol. The Bertz CT molecular complexity index is 661. The van der Waals surface area contributed by atoms with Crippen LogP contribution < -0.4 is 15.6 Å². The van der Waals surface area contributed by atoms with Gasteiger partial charge in [0.2, 0.25) is 5.56 Å². The van der Waals surface area contributed by atoms with E-state index in [4.69, 9.17) is 4.74 Å². The quantitative estimate of drug-likeness (QED) is 0.838. The van der Waals surface area contributed by atoms with Crippen molar-refractivity contribution in [3.63, 3.8) is 0 Å². The van der Waals surface area contributed by atoms with Crippen LogP contribution in [0.2, 0.25) is 0 Å². The van der Waals surface area contributed by atoms with Crippen LogP contribution in [0.5, 0.6) is 5.75 Å². The minimum Gasteiger partial charge on any atom is -0.488 e. The van der Waals surface area contributed by atoms with Gasteiger partial charge in [0.25, 0.3) is 0 Å². The minimum absolute atomic E-state index is 0.0738. The summed E-state index contributed by atoms with van der Waals surface area (Å²) in [6.45, 7) is 2.85. The van der Waals surface area contributed by atoms with Gasteiger partial charge in [0.1, 0.15) is 11.9 Å². The molecule has 1 aromatic carbocycles. The van der Waals surface area contributed by atoms with Crippen molar-refractivity contribution < 1.29 is 4.74 Å². The minimum atomic E-state index is -0.0738. The van der Waals surface area contributed by atoms with E-state index in [1.54, 1.807) is 6.07 Å². The van der Waals surface area contributed by atoms with Crippen LogP contribution in [0.25, 0.3) is 10.9 Å². The van der Waals surface area contributed by atoms with E-state index in [-0.39, 0.29) is 11.7 Å². The van der Waals surface area contributed by atoms with Gasteiger partial charge in [0.05, 0.1) is 5.52 Å². The molecule has 1 aliphatic rings. The van der Waals surface area contributed by atoms with Gasteiger partial charge in [-0.3, -0.25) is 4.79 Å². The largest absolute Gasteiger partial charge is 0.488 e. The van der Waals surface area contributed by atoms with Crippen molar-refractivity contribution >= 4 is 10.9 Å². The number of hydrogen-bond donors (Lipinski definition) is 2. The number of aryl methyl sites for hydroxylation is 1. The lowest BCUT2D eigenvalue weighted by atomic mass is 10.0. The molecule has 0 aliphatic carbocycles. The Kier molecular flexibility index (Phi) is 2.59. The molecule has 4 heteroatoms. The number of H-pyrrole nitrogens is 1. The number of aromatic amines is 1. The van der Waals surface area contributed by atoms with Gasteiger partial charge in [-0.1, -0.05) is 6.07 Å². The first-order chi connectivity index (χ1) is 8.69. The Morgan fingerprint density at radius 1 is 1.50 bits per heavy atom. The Balaban J connectivity index is 2.17.